The molecule has 1 aliphatic rings. The summed E-state index contributed by atoms with van der Waals surface area (Å²) in [5.74, 6) is 1.22. The van der Waals surface area contributed by atoms with Crippen molar-refractivity contribution in [3.8, 4) is 0 Å². The van der Waals surface area contributed by atoms with Crippen molar-refractivity contribution in [1.82, 2.24) is 0 Å². The maximum atomic E-state index is 4.84. The highest BCUT2D eigenvalue weighted by atomic mass is 15.2. The summed E-state index contributed by atoms with van der Waals surface area (Å²) < 4.78 is 0. The Morgan fingerprint density at radius 3 is 2.10 bits per heavy atom. The van der Waals surface area contributed by atoms with E-state index in [4.69, 9.17) is 4.99 Å². The first-order valence-corrected chi connectivity index (χ1v) is 7.86. The van der Waals surface area contributed by atoms with Crippen LogP contribution in [0.4, 0.5) is 5.69 Å². The minimum Gasteiger partial charge on any atom is -0.327 e. The van der Waals surface area contributed by atoms with Crippen LogP contribution < -0.4 is 4.90 Å². The van der Waals surface area contributed by atoms with E-state index in [1.54, 1.807) is 0 Å². The molecule has 0 atom stereocenters. The fraction of sp³-hybridized carbons (Fsp3) is 0.421. The molecule has 0 radical (unpaired) electrons. The molecule has 2 rings (SSSR count). The van der Waals surface area contributed by atoms with Crippen molar-refractivity contribution < 1.29 is 0 Å². The van der Waals surface area contributed by atoms with Crippen LogP contribution in [0, 0.1) is 0 Å². The van der Waals surface area contributed by atoms with Crippen molar-refractivity contribution >= 4 is 11.5 Å². The minimum absolute atomic E-state index is 0.338. The molecule has 1 aromatic rings. The fourth-order valence-corrected chi connectivity index (χ4v) is 2.72. The smallest absolute Gasteiger partial charge is 0.104 e. The van der Waals surface area contributed by atoms with E-state index < -0.39 is 0 Å². The Morgan fingerprint density at radius 2 is 1.48 bits per heavy atom. The molecule has 0 unspecified atom stereocenters. The predicted octanol–water partition coefficient (Wildman–Crippen LogP) is 4.78. The van der Waals surface area contributed by atoms with Crippen molar-refractivity contribution in [3.63, 3.8) is 0 Å². The zero-order valence-corrected chi connectivity index (χ0v) is 13.6. The lowest BCUT2D eigenvalue weighted by atomic mass is 10.0. The second-order valence-corrected chi connectivity index (χ2v) is 6.00. The van der Waals surface area contributed by atoms with Crippen LogP contribution in [0.1, 0.15) is 39.7 Å². The molecule has 21 heavy (non-hydrogen) atoms. The molecule has 0 saturated heterocycles. The van der Waals surface area contributed by atoms with Gasteiger partial charge in [-0.3, -0.25) is 4.99 Å². The number of amidine groups is 1. The molecule has 0 aliphatic carbocycles. The molecule has 0 bridgehead atoms. The van der Waals surface area contributed by atoms with Crippen molar-refractivity contribution in [2.24, 2.45) is 4.99 Å². The van der Waals surface area contributed by atoms with Gasteiger partial charge in [0, 0.05) is 24.2 Å². The number of aryl methyl sites for hydroxylation is 1. The standard InChI is InChI=1S/C19H26N2/c1-15(2)20-19-14-13-17-11-9-7-5-6-8-10-12-18(17)21(19)16(3)4/h5-12,15-16H,13-14H2,1-4H3. The molecule has 112 valence electrons. The van der Waals surface area contributed by atoms with Gasteiger partial charge in [0.15, 0.2) is 0 Å². The van der Waals surface area contributed by atoms with Gasteiger partial charge in [0.25, 0.3) is 0 Å². The normalized spacial score (nSPS) is 16.1. The zero-order valence-electron chi connectivity index (χ0n) is 13.6. The van der Waals surface area contributed by atoms with Crippen molar-refractivity contribution in [2.45, 2.75) is 52.6 Å². The largest absolute Gasteiger partial charge is 0.327 e. The SMILES string of the molecule is CC(C)N=C1CCc2ccccccccc2N1C(C)C. The van der Waals surface area contributed by atoms with Crippen molar-refractivity contribution in [1.29, 1.82) is 0 Å². The van der Waals surface area contributed by atoms with E-state index in [0.29, 0.717) is 12.1 Å². The van der Waals surface area contributed by atoms with Crippen LogP contribution >= 0.6 is 0 Å². The Morgan fingerprint density at radius 1 is 0.857 bits per heavy atom. The predicted molar refractivity (Wildman–Crippen MR) is 92.6 cm³/mol. The molecule has 1 heterocycles. The monoisotopic (exact) mass is 282 g/mol. The highest BCUT2D eigenvalue weighted by molar-refractivity contribution is 6.00. The molecule has 2 heteroatoms. The third kappa shape index (κ3) is 4.07. The van der Waals surface area contributed by atoms with Crippen LogP contribution in [-0.4, -0.2) is 17.9 Å². The Kier molecular flexibility index (Phi) is 5.38. The second kappa shape index (κ2) is 7.26. The van der Waals surface area contributed by atoms with E-state index in [9.17, 15) is 0 Å². The van der Waals surface area contributed by atoms with E-state index in [1.165, 1.54) is 17.1 Å². The molecule has 1 aliphatic heterocycles. The molecular formula is C19H26N2. The lowest BCUT2D eigenvalue weighted by Gasteiger charge is -2.35. The Hall–Kier alpha value is -1.83. The summed E-state index contributed by atoms with van der Waals surface area (Å²) in [7, 11) is 0. The first-order valence-electron chi connectivity index (χ1n) is 7.86. The van der Waals surface area contributed by atoms with Gasteiger partial charge in [-0.2, -0.15) is 0 Å². The highest BCUT2D eigenvalue weighted by Crippen LogP contribution is 2.28. The van der Waals surface area contributed by atoms with E-state index in [1.807, 2.05) is 0 Å². The summed E-state index contributed by atoms with van der Waals surface area (Å²) in [6, 6.07) is 17.7. The molecule has 0 saturated carbocycles. The summed E-state index contributed by atoms with van der Waals surface area (Å²) in [5, 5.41) is 0. The van der Waals surface area contributed by atoms with E-state index in [2.05, 4.69) is 81.1 Å². The average Bonchev–Trinajstić information content (AvgIpc) is 2.43. The van der Waals surface area contributed by atoms with E-state index >= 15 is 0 Å². The van der Waals surface area contributed by atoms with Crippen molar-refractivity contribution in [2.75, 3.05) is 4.90 Å². The summed E-state index contributed by atoms with van der Waals surface area (Å²) in [5.41, 5.74) is 2.68. The van der Waals surface area contributed by atoms with Gasteiger partial charge in [-0.15, -0.1) is 0 Å². The minimum atomic E-state index is 0.338. The Bertz CT molecular complexity index is 557. The van der Waals surface area contributed by atoms with Gasteiger partial charge < -0.3 is 4.90 Å². The van der Waals surface area contributed by atoms with Crippen LogP contribution in [0.15, 0.2) is 53.5 Å². The van der Waals surface area contributed by atoms with Gasteiger partial charge in [0.2, 0.25) is 0 Å². The average molecular weight is 282 g/mol. The molecule has 1 aromatic carbocycles. The molecule has 0 amide bonds. The second-order valence-electron chi connectivity index (χ2n) is 6.00. The van der Waals surface area contributed by atoms with Crippen LogP contribution in [0.5, 0.6) is 0 Å². The first-order chi connectivity index (χ1) is 10.1. The van der Waals surface area contributed by atoms with Crippen LogP contribution in [0.3, 0.4) is 0 Å². The van der Waals surface area contributed by atoms with Gasteiger partial charge in [-0.1, -0.05) is 42.5 Å². The summed E-state index contributed by atoms with van der Waals surface area (Å²) in [4.78, 5) is 7.23. The Labute approximate surface area is 128 Å². The number of anilines is 1. The van der Waals surface area contributed by atoms with Crippen molar-refractivity contribution in [3.05, 3.63) is 54.1 Å². The topological polar surface area (TPSA) is 15.6 Å². The number of fused-ring (bicyclic) bond motifs is 1. The number of nitrogens with zero attached hydrogens (tertiary/aromatic N) is 2. The number of hydrogen-bond donors (Lipinski definition) is 0. The quantitative estimate of drug-likeness (QED) is 0.762. The summed E-state index contributed by atoms with van der Waals surface area (Å²) >= 11 is 0. The number of aliphatic imine (C=N–C) groups is 1. The maximum absolute atomic E-state index is 4.84. The van der Waals surface area contributed by atoms with Gasteiger partial charge in [-0.05, 0) is 45.7 Å². The molecule has 0 N–H and O–H groups in total. The zero-order chi connectivity index (χ0) is 15.2. The van der Waals surface area contributed by atoms with Crippen LogP contribution in [0.25, 0.3) is 0 Å². The van der Waals surface area contributed by atoms with Gasteiger partial charge in [0.1, 0.15) is 5.84 Å². The van der Waals surface area contributed by atoms with Gasteiger partial charge in [0.05, 0.1) is 0 Å². The third-order valence-corrected chi connectivity index (χ3v) is 3.52. The summed E-state index contributed by atoms with van der Waals surface area (Å²) in [6.07, 6.45) is 2.08. The van der Waals surface area contributed by atoms with E-state index in [-0.39, 0.29) is 0 Å². The fourth-order valence-electron chi connectivity index (χ4n) is 2.72. The lowest BCUT2D eigenvalue weighted by Crippen LogP contribution is -2.40. The highest BCUT2D eigenvalue weighted by Gasteiger charge is 2.23. The summed E-state index contributed by atoms with van der Waals surface area (Å²) in [6.45, 7) is 8.76. The molecule has 2 nitrogen and oxygen atoms in total. The van der Waals surface area contributed by atoms with Gasteiger partial charge in [-0.25, -0.2) is 0 Å². The van der Waals surface area contributed by atoms with Crippen LogP contribution in [-0.2, 0) is 6.42 Å². The first kappa shape index (κ1) is 15.6. The number of rotatable bonds is 2. The molecular weight excluding hydrogens is 256 g/mol. The number of hydrogen-bond acceptors (Lipinski definition) is 1. The van der Waals surface area contributed by atoms with E-state index in [0.717, 1.165) is 12.8 Å². The molecule has 0 aromatic heterocycles. The Balaban J connectivity index is 2.58. The van der Waals surface area contributed by atoms with Gasteiger partial charge >= 0.3 is 0 Å². The maximum Gasteiger partial charge on any atom is 0.104 e. The third-order valence-electron chi connectivity index (χ3n) is 3.52. The molecule has 0 fully saturated rings. The van der Waals surface area contributed by atoms with Crippen LogP contribution in [0.2, 0.25) is 0 Å². The lowest BCUT2D eigenvalue weighted by molar-refractivity contribution is 0.744. The molecule has 0 spiro atoms.